The van der Waals surface area contributed by atoms with E-state index in [2.05, 4.69) is 16.8 Å². The minimum Gasteiger partial charge on any atom is -0.369 e. The molecule has 0 amide bonds. The molecular weight excluding hydrogens is 220 g/mol. The average Bonchev–Trinajstić information content (AvgIpc) is 2.31. The molecule has 2 aliphatic rings. The second kappa shape index (κ2) is 4.46. The summed E-state index contributed by atoms with van der Waals surface area (Å²) in [5.41, 5.74) is 5.29. The molecule has 1 saturated heterocycles. The Hall–Kier alpha value is -1.40. The summed E-state index contributed by atoms with van der Waals surface area (Å²) in [7, 11) is 2.10. The smallest absolute Gasteiger partial charge is 0.295 e. The van der Waals surface area contributed by atoms with Gasteiger partial charge in [-0.1, -0.05) is 6.08 Å². The van der Waals surface area contributed by atoms with E-state index in [-0.39, 0.29) is 6.42 Å². The Bertz CT molecular complexity index is 372. The summed E-state index contributed by atoms with van der Waals surface area (Å²) in [5.74, 6) is 0. The van der Waals surface area contributed by atoms with Crippen molar-refractivity contribution in [3.63, 3.8) is 0 Å². The summed E-state index contributed by atoms with van der Waals surface area (Å²) in [6.07, 6.45) is 5.41. The van der Waals surface area contributed by atoms with Gasteiger partial charge in [-0.2, -0.15) is 0 Å². The minimum atomic E-state index is -1.42. The van der Waals surface area contributed by atoms with Crippen LogP contribution in [-0.2, 0) is 0 Å². The van der Waals surface area contributed by atoms with Crippen molar-refractivity contribution in [1.29, 1.82) is 0 Å². The number of piperazine rings is 1. The molecule has 1 heterocycles. The topological polar surface area (TPSA) is 75.6 Å². The third kappa shape index (κ3) is 2.48. The number of hydrogen-bond donors (Lipinski definition) is 1. The van der Waals surface area contributed by atoms with E-state index in [0.29, 0.717) is 0 Å². The van der Waals surface area contributed by atoms with Crippen molar-refractivity contribution in [3.05, 3.63) is 34.0 Å². The van der Waals surface area contributed by atoms with Gasteiger partial charge < -0.3 is 9.80 Å². The maximum absolute atomic E-state index is 10.8. The molecule has 2 N–H and O–H groups in total. The molecule has 1 fully saturated rings. The fourth-order valence-electron chi connectivity index (χ4n) is 2.07. The number of nitrogens with two attached hydrogens (primary N) is 1. The highest BCUT2D eigenvalue weighted by atomic mass is 16.6. The lowest BCUT2D eigenvalue weighted by atomic mass is 10.0. The highest BCUT2D eigenvalue weighted by molar-refractivity contribution is 5.26. The predicted molar refractivity (Wildman–Crippen MR) is 64.8 cm³/mol. The molecule has 0 saturated carbocycles. The Balaban J connectivity index is 2.00. The molecule has 0 radical (unpaired) electrons. The Labute approximate surface area is 101 Å². The zero-order valence-corrected chi connectivity index (χ0v) is 10.0. The lowest BCUT2D eigenvalue weighted by molar-refractivity contribution is -0.553. The monoisotopic (exact) mass is 238 g/mol. The van der Waals surface area contributed by atoms with Gasteiger partial charge in [0, 0.05) is 42.9 Å². The van der Waals surface area contributed by atoms with Gasteiger partial charge >= 0.3 is 0 Å². The first-order valence-electron chi connectivity index (χ1n) is 5.77. The molecule has 0 bridgehead atoms. The molecule has 2 rings (SSSR count). The van der Waals surface area contributed by atoms with Crippen LogP contribution in [0.1, 0.15) is 6.42 Å². The normalized spacial score (nSPS) is 30.2. The fourth-order valence-corrected chi connectivity index (χ4v) is 2.07. The number of hydrogen-bond acceptors (Lipinski definition) is 5. The van der Waals surface area contributed by atoms with Crippen LogP contribution >= 0.6 is 0 Å². The third-order valence-electron chi connectivity index (χ3n) is 3.39. The van der Waals surface area contributed by atoms with Crippen molar-refractivity contribution in [3.8, 4) is 0 Å². The van der Waals surface area contributed by atoms with E-state index in [1.165, 1.54) is 6.08 Å². The van der Waals surface area contributed by atoms with E-state index >= 15 is 0 Å². The number of rotatable bonds is 2. The lowest BCUT2D eigenvalue weighted by Crippen LogP contribution is -2.48. The summed E-state index contributed by atoms with van der Waals surface area (Å²) in [6, 6.07) is 0. The van der Waals surface area contributed by atoms with Crippen molar-refractivity contribution in [1.82, 2.24) is 9.80 Å². The Morgan fingerprint density at radius 3 is 2.53 bits per heavy atom. The van der Waals surface area contributed by atoms with Crippen molar-refractivity contribution in [2.24, 2.45) is 5.73 Å². The van der Waals surface area contributed by atoms with Crippen LogP contribution in [0.4, 0.5) is 0 Å². The van der Waals surface area contributed by atoms with Crippen LogP contribution in [0.5, 0.6) is 0 Å². The molecule has 0 aromatic rings. The summed E-state index contributed by atoms with van der Waals surface area (Å²) in [4.78, 5) is 14.9. The molecule has 6 heteroatoms. The van der Waals surface area contributed by atoms with Gasteiger partial charge in [0.05, 0.1) is 6.42 Å². The van der Waals surface area contributed by atoms with Crippen molar-refractivity contribution in [2.45, 2.75) is 12.1 Å². The highest BCUT2D eigenvalue weighted by Crippen LogP contribution is 2.22. The molecule has 0 spiro atoms. The van der Waals surface area contributed by atoms with Crippen molar-refractivity contribution in [2.75, 3.05) is 33.2 Å². The van der Waals surface area contributed by atoms with Crippen LogP contribution in [0.15, 0.2) is 23.9 Å². The fraction of sp³-hybridized carbons (Fsp3) is 0.636. The largest absolute Gasteiger partial charge is 0.369 e. The van der Waals surface area contributed by atoms with Crippen LogP contribution in [0, 0.1) is 10.1 Å². The van der Waals surface area contributed by atoms with Gasteiger partial charge in [-0.15, -0.1) is 0 Å². The molecular formula is C11H18N4O2. The van der Waals surface area contributed by atoms with Gasteiger partial charge in [0.2, 0.25) is 0 Å². The summed E-state index contributed by atoms with van der Waals surface area (Å²) in [6.45, 7) is 3.97. The Kier molecular flexibility index (Phi) is 3.17. The minimum absolute atomic E-state index is 0.262. The number of nitrogens with zero attached hydrogens (tertiary/aromatic N) is 3. The van der Waals surface area contributed by atoms with E-state index in [1.807, 2.05) is 6.08 Å². The van der Waals surface area contributed by atoms with Crippen molar-refractivity contribution < 1.29 is 4.92 Å². The zero-order valence-electron chi connectivity index (χ0n) is 10.0. The van der Waals surface area contributed by atoms with Crippen LogP contribution in [0.25, 0.3) is 0 Å². The van der Waals surface area contributed by atoms with Crippen LogP contribution in [-0.4, -0.2) is 53.6 Å². The molecule has 1 aliphatic heterocycles. The van der Waals surface area contributed by atoms with Gasteiger partial charge in [0.1, 0.15) is 0 Å². The first-order chi connectivity index (χ1) is 8.01. The van der Waals surface area contributed by atoms with E-state index in [1.54, 1.807) is 6.08 Å². The van der Waals surface area contributed by atoms with Crippen LogP contribution < -0.4 is 5.73 Å². The molecule has 0 aromatic carbocycles. The summed E-state index contributed by atoms with van der Waals surface area (Å²) >= 11 is 0. The first-order valence-corrected chi connectivity index (χ1v) is 5.77. The van der Waals surface area contributed by atoms with E-state index in [4.69, 9.17) is 5.73 Å². The molecule has 1 aliphatic carbocycles. The van der Waals surface area contributed by atoms with E-state index in [9.17, 15) is 10.1 Å². The van der Waals surface area contributed by atoms with Crippen molar-refractivity contribution >= 4 is 0 Å². The Morgan fingerprint density at radius 2 is 2.06 bits per heavy atom. The van der Waals surface area contributed by atoms with Crippen LogP contribution in [0.3, 0.4) is 0 Å². The average molecular weight is 238 g/mol. The quantitative estimate of drug-likeness (QED) is 0.416. The van der Waals surface area contributed by atoms with Gasteiger partial charge in [-0.05, 0) is 13.1 Å². The first kappa shape index (κ1) is 12.1. The Morgan fingerprint density at radius 1 is 1.41 bits per heavy atom. The second-order valence-corrected chi connectivity index (χ2v) is 4.71. The van der Waals surface area contributed by atoms with Gasteiger partial charge in [0.15, 0.2) is 0 Å². The third-order valence-corrected chi connectivity index (χ3v) is 3.39. The zero-order chi connectivity index (χ0) is 12.5. The maximum atomic E-state index is 10.8. The summed E-state index contributed by atoms with van der Waals surface area (Å²) in [5, 5.41) is 10.8. The van der Waals surface area contributed by atoms with E-state index < -0.39 is 10.6 Å². The highest BCUT2D eigenvalue weighted by Gasteiger charge is 2.36. The van der Waals surface area contributed by atoms with Gasteiger partial charge in [0.25, 0.3) is 5.66 Å². The molecule has 6 nitrogen and oxygen atoms in total. The molecule has 17 heavy (non-hydrogen) atoms. The number of nitro groups is 1. The molecule has 1 atom stereocenters. The lowest BCUT2D eigenvalue weighted by Gasteiger charge is -2.35. The standard InChI is InChI=1S/C11H18N4O2/c1-13-6-8-14(9-7-13)10-2-4-11(12,5-3-10)15(16)17/h2-4H,5-9,12H2,1H3. The molecule has 1 unspecified atom stereocenters. The maximum Gasteiger partial charge on any atom is 0.295 e. The van der Waals surface area contributed by atoms with Crippen LogP contribution in [0.2, 0.25) is 0 Å². The van der Waals surface area contributed by atoms with Gasteiger partial charge in [-0.3, -0.25) is 15.8 Å². The van der Waals surface area contributed by atoms with Gasteiger partial charge in [-0.25, -0.2) is 0 Å². The summed E-state index contributed by atoms with van der Waals surface area (Å²) < 4.78 is 0. The van der Waals surface area contributed by atoms with E-state index in [0.717, 1.165) is 31.9 Å². The number of allylic oxidation sites excluding steroid dienone is 1. The predicted octanol–water partition coefficient (Wildman–Crippen LogP) is 0.00930. The molecule has 94 valence electrons. The second-order valence-electron chi connectivity index (χ2n) is 4.71. The SMILES string of the molecule is CN1CCN(C2=CCC(N)([N+](=O)[O-])C=C2)CC1. The number of likely N-dealkylation sites (N-methyl/N-ethyl adjacent to an activating group) is 1. The molecule has 0 aromatic heterocycles.